The highest BCUT2D eigenvalue weighted by atomic mass is 16.5. The lowest BCUT2D eigenvalue weighted by Crippen LogP contribution is -2.07. The van der Waals surface area contributed by atoms with E-state index in [2.05, 4.69) is 28.6 Å². The first kappa shape index (κ1) is 12.6. The summed E-state index contributed by atoms with van der Waals surface area (Å²) in [6.45, 7) is 1.52. The molecule has 1 N–H and O–H groups in total. The molecule has 0 radical (unpaired) electrons. The van der Waals surface area contributed by atoms with Crippen LogP contribution >= 0.6 is 0 Å². The van der Waals surface area contributed by atoms with Crippen molar-refractivity contribution in [3.8, 4) is 0 Å². The van der Waals surface area contributed by atoms with Crippen molar-refractivity contribution < 1.29 is 4.74 Å². The summed E-state index contributed by atoms with van der Waals surface area (Å²) >= 11 is 0. The van der Waals surface area contributed by atoms with Gasteiger partial charge in [0.25, 0.3) is 0 Å². The standard InChI is InChI=1S/C14H19N3O/c1-17-13(7-9-16-17)11-15-14-6-4-3-5-12(14)8-10-18-2/h3-7,9,15H,8,10-11H2,1-2H3. The number of para-hydroxylation sites is 1. The summed E-state index contributed by atoms with van der Waals surface area (Å²) in [5, 5.41) is 7.61. The van der Waals surface area contributed by atoms with E-state index in [0.717, 1.165) is 31.0 Å². The number of anilines is 1. The molecule has 2 rings (SSSR count). The zero-order chi connectivity index (χ0) is 12.8. The van der Waals surface area contributed by atoms with E-state index in [1.165, 1.54) is 5.56 Å². The van der Waals surface area contributed by atoms with Crippen molar-refractivity contribution in [1.29, 1.82) is 0 Å². The Kier molecular flexibility index (Phi) is 4.36. The Hall–Kier alpha value is -1.81. The molecule has 0 aliphatic heterocycles. The average molecular weight is 245 g/mol. The lowest BCUT2D eigenvalue weighted by atomic mass is 10.1. The van der Waals surface area contributed by atoms with E-state index >= 15 is 0 Å². The summed E-state index contributed by atoms with van der Waals surface area (Å²) in [6, 6.07) is 10.3. The number of nitrogens with zero attached hydrogens (tertiary/aromatic N) is 2. The van der Waals surface area contributed by atoms with Crippen LogP contribution in [0, 0.1) is 0 Å². The van der Waals surface area contributed by atoms with Crippen LogP contribution < -0.4 is 5.32 Å². The molecule has 0 bridgehead atoms. The van der Waals surface area contributed by atoms with E-state index in [4.69, 9.17) is 4.74 Å². The fourth-order valence-corrected chi connectivity index (χ4v) is 1.88. The molecule has 0 atom stereocenters. The van der Waals surface area contributed by atoms with Crippen LogP contribution in [-0.2, 0) is 24.8 Å². The average Bonchev–Trinajstić information content (AvgIpc) is 2.80. The number of aromatic nitrogens is 2. The van der Waals surface area contributed by atoms with Crippen molar-refractivity contribution in [2.24, 2.45) is 7.05 Å². The molecular weight excluding hydrogens is 226 g/mol. The minimum Gasteiger partial charge on any atom is -0.384 e. The van der Waals surface area contributed by atoms with Crippen molar-refractivity contribution >= 4 is 5.69 Å². The van der Waals surface area contributed by atoms with Gasteiger partial charge in [0.2, 0.25) is 0 Å². The van der Waals surface area contributed by atoms with Gasteiger partial charge in [-0.25, -0.2) is 0 Å². The SMILES string of the molecule is COCCc1ccccc1NCc1ccnn1C. The predicted molar refractivity (Wildman–Crippen MR) is 72.6 cm³/mol. The molecule has 0 aliphatic carbocycles. The molecule has 0 saturated heterocycles. The van der Waals surface area contributed by atoms with Gasteiger partial charge < -0.3 is 10.1 Å². The van der Waals surface area contributed by atoms with Gasteiger partial charge in [0.15, 0.2) is 0 Å². The molecule has 0 aliphatic rings. The summed E-state index contributed by atoms with van der Waals surface area (Å²) in [5.74, 6) is 0. The van der Waals surface area contributed by atoms with Crippen LogP contribution in [0.5, 0.6) is 0 Å². The number of methoxy groups -OCH3 is 1. The number of benzene rings is 1. The summed E-state index contributed by atoms with van der Waals surface area (Å²) in [7, 11) is 3.68. The van der Waals surface area contributed by atoms with Crippen LogP contribution in [0.3, 0.4) is 0 Å². The van der Waals surface area contributed by atoms with Crippen molar-refractivity contribution in [2.75, 3.05) is 19.0 Å². The number of nitrogens with one attached hydrogen (secondary N) is 1. The van der Waals surface area contributed by atoms with Crippen LogP contribution in [0.2, 0.25) is 0 Å². The van der Waals surface area contributed by atoms with Crippen LogP contribution in [0.25, 0.3) is 0 Å². The molecule has 4 nitrogen and oxygen atoms in total. The van der Waals surface area contributed by atoms with Gasteiger partial charge in [0, 0.05) is 26.0 Å². The number of rotatable bonds is 6. The van der Waals surface area contributed by atoms with Gasteiger partial charge in [-0.2, -0.15) is 5.10 Å². The molecule has 0 amide bonds. The quantitative estimate of drug-likeness (QED) is 0.848. The van der Waals surface area contributed by atoms with E-state index in [9.17, 15) is 0 Å². The Labute approximate surface area is 108 Å². The fourth-order valence-electron chi connectivity index (χ4n) is 1.88. The highest BCUT2D eigenvalue weighted by Crippen LogP contribution is 2.16. The number of aryl methyl sites for hydroxylation is 1. The van der Waals surface area contributed by atoms with Gasteiger partial charge in [-0.05, 0) is 24.1 Å². The predicted octanol–water partition coefficient (Wildman–Crippen LogP) is 2.22. The first-order chi connectivity index (χ1) is 8.81. The molecule has 1 heterocycles. The van der Waals surface area contributed by atoms with Gasteiger partial charge in [-0.3, -0.25) is 4.68 Å². The number of hydrogen-bond acceptors (Lipinski definition) is 3. The molecule has 0 fully saturated rings. The van der Waals surface area contributed by atoms with Crippen LogP contribution in [-0.4, -0.2) is 23.5 Å². The maximum atomic E-state index is 5.13. The zero-order valence-corrected chi connectivity index (χ0v) is 10.9. The zero-order valence-electron chi connectivity index (χ0n) is 10.9. The Bertz CT molecular complexity index is 493. The molecule has 1 aromatic heterocycles. The van der Waals surface area contributed by atoms with Gasteiger partial charge in [-0.15, -0.1) is 0 Å². The third-order valence-corrected chi connectivity index (χ3v) is 2.98. The summed E-state index contributed by atoms with van der Waals surface area (Å²) in [5.41, 5.74) is 3.61. The molecule has 18 heavy (non-hydrogen) atoms. The van der Waals surface area contributed by atoms with E-state index in [1.54, 1.807) is 7.11 Å². The maximum Gasteiger partial charge on any atom is 0.0571 e. The van der Waals surface area contributed by atoms with Crippen molar-refractivity contribution in [3.63, 3.8) is 0 Å². The molecule has 2 aromatic rings. The molecule has 0 spiro atoms. The molecule has 0 unspecified atom stereocenters. The molecule has 4 heteroatoms. The van der Waals surface area contributed by atoms with Crippen LogP contribution in [0.4, 0.5) is 5.69 Å². The Morgan fingerprint density at radius 2 is 2.11 bits per heavy atom. The van der Waals surface area contributed by atoms with Gasteiger partial charge in [0.1, 0.15) is 0 Å². The van der Waals surface area contributed by atoms with Crippen LogP contribution in [0.15, 0.2) is 36.5 Å². The monoisotopic (exact) mass is 245 g/mol. The Balaban J connectivity index is 2.02. The maximum absolute atomic E-state index is 5.13. The normalized spacial score (nSPS) is 10.6. The summed E-state index contributed by atoms with van der Waals surface area (Å²) in [6.07, 6.45) is 2.74. The molecule has 96 valence electrons. The fraction of sp³-hybridized carbons (Fsp3) is 0.357. The Morgan fingerprint density at radius 3 is 2.83 bits per heavy atom. The lowest BCUT2D eigenvalue weighted by molar-refractivity contribution is 0.202. The van der Waals surface area contributed by atoms with Crippen molar-refractivity contribution in [2.45, 2.75) is 13.0 Å². The van der Waals surface area contributed by atoms with Gasteiger partial charge >= 0.3 is 0 Å². The van der Waals surface area contributed by atoms with Gasteiger partial charge in [0.05, 0.1) is 18.8 Å². The number of hydrogen-bond donors (Lipinski definition) is 1. The van der Waals surface area contributed by atoms with E-state index < -0.39 is 0 Å². The third-order valence-electron chi connectivity index (χ3n) is 2.98. The largest absolute Gasteiger partial charge is 0.384 e. The molecular formula is C14H19N3O. The van der Waals surface area contributed by atoms with Crippen molar-refractivity contribution in [1.82, 2.24) is 9.78 Å². The first-order valence-electron chi connectivity index (χ1n) is 6.09. The van der Waals surface area contributed by atoms with Crippen LogP contribution in [0.1, 0.15) is 11.3 Å². The van der Waals surface area contributed by atoms with E-state index in [1.807, 2.05) is 30.1 Å². The van der Waals surface area contributed by atoms with E-state index in [0.29, 0.717) is 0 Å². The Morgan fingerprint density at radius 1 is 1.28 bits per heavy atom. The third kappa shape index (κ3) is 3.11. The lowest BCUT2D eigenvalue weighted by Gasteiger charge is -2.11. The highest BCUT2D eigenvalue weighted by Gasteiger charge is 2.03. The second-order valence-electron chi connectivity index (χ2n) is 4.20. The van der Waals surface area contributed by atoms with E-state index in [-0.39, 0.29) is 0 Å². The molecule has 1 aromatic carbocycles. The summed E-state index contributed by atoms with van der Waals surface area (Å²) in [4.78, 5) is 0. The second-order valence-corrected chi connectivity index (χ2v) is 4.20. The topological polar surface area (TPSA) is 39.1 Å². The van der Waals surface area contributed by atoms with Crippen molar-refractivity contribution in [3.05, 3.63) is 47.8 Å². The minimum absolute atomic E-state index is 0.740. The summed E-state index contributed by atoms with van der Waals surface area (Å²) < 4.78 is 7.01. The number of ether oxygens (including phenoxy) is 1. The minimum atomic E-state index is 0.740. The molecule has 0 saturated carbocycles. The highest BCUT2D eigenvalue weighted by molar-refractivity contribution is 5.51. The van der Waals surface area contributed by atoms with Gasteiger partial charge in [-0.1, -0.05) is 18.2 Å². The first-order valence-corrected chi connectivity index (χ1v) is 6.09. The smallest absolute Gasteiger partial charge is 0.0571 e. The second kappa shape index (κ2) is 6.21.